The molecule has 1 unspecified atom stereocenters. The molecule has 1 aromatic heterocycles. The lowest BCUT2D eigenvalue weighted by atomic mass is 9.87. The summed E-state index contributed by atoms with van der Waals surface area (Å²) in [4.78, 5) is 12.3. The van der Waals surface area contributed by atoms with Crippen LogP contribution in [0.3, 0.4) is 0 Å². The number of hydrogen-bond donors (Lipinski definition) is 1. The van der Waals surface area contributed by atoms with Crippen LogP contribution in [-0.2, 0) is 0 Å². The Hall–Kier alpha value is -3.69. The Morgan fingerprint density at radius 3 is 2.75 bits per heavy atom. The third-order valence-electron chi connectivity index (χ3n) is 4.29. The molecule has 1 aliphatic heterocycles. The molecule has 2 heterocycles. The normalized spacial score (nSPS) is 15.4. The van der Waals surface area contributed by atoms with Crippen molar-refractivity contribution in [3.05, 3.63) is 94.2 Å². The van der Waals surface area contributed by atoms with Crippen molar-refractivity contribution >= 4 is 17.6 Å². The van der Waals surface area contributed by atoms with Gasteiger partial charge in [-0.3, -0.25) is 0 Å². The molecular weight excluding hydrogens is 380 g/mol. The zero-order valence-electron chi connectivity index (χ0n) is 14.4. The molecule has 28 heavy (non-hydrogen) atoms. The molecule has 0 aliphatic carbocycles. The molecule has 0 saturated heterocycles. The molecule has 0 spiro atoms. The van der Waals surface area contributed by atoms with Crippen LogP contribution in [-0.4, -0.2) is 5.97 Å². The number of carbonyl (C=O) groups is 1. The summed E-state index contributed by atoms with van der Waals surface area (Å²) >= 11 is 5.91. The van der Waals surface area contributed by atoms with E-state index in [9.17, 15) is 10.1 Å². The Kier molecular flexibility index (Phi) is 4.52. The van der Waals surface area contributed by atoms with E-state index in [2.05, 4.69) is 6.07 Å². The number of nitrogens with zero attached hydrogens (tertiary/aromatic N) is 1. The van der Waals surface area contributed by atoms with Gasteiger partial charge in [-0.15, -0.1) is 0 Å². The quantitative estimate of drug-likeness (QED) is 0.525. The fourth-order valence-electron chi connectivity index (χ4n) is 3.03. The predicted molar refractivity (Wildman–Crippen MR) is 101 cm³/mol. The third kappa shape index (κ3) is 3.20. The number of fused-ring (bicyclic) bond motifs is 1. The van der Waals surface area contributed by atoms with Crippen molar-refractivity contribution in [3.63, 3.8) is 0 Å². The summed E-state index contributed by atoms with van der Waals surface area (Å²) in [7, 11) is 0. The van der Waals surface area contributed by atoms with Crippen LogP contribution < -0.4 is 15.2 Å². The number of ether oxygens (including phenoxy) is 2. The second-order valence-electron chi connectivity index (χ2n) is 6.04. The molecular formula is C21H13ClN2O4. The Balaban J connectivity index is 1.67. The molecule has 1 atom stereocenters. The minimum Gasteiger partial charge on any atom is -0.468 e. The fourth-order valence-corrected chi connectivity index (χ4v) is 3.22. The van der Waals surface area contributed by atoms with Crippen LogP contribution in [0.5, 0.6) is 11.5 Å². The average molecular weight is 393 g/mol. The highest BCUT2D eigenvalue weighted by Crippen LogP contribution is 2.43. The average Bonchev–Trinajstić information content (AvgIpc) is 3.21. The second kappa shape index (κ2) is 7.14. The first kappa shape index (κ1) is 17.7. The lowest BCUT2D eigenvalue weighted by Crippen LogP contribution is -2.21. The molecule has 0 fully saturated rings. The van der Waals surface area contributed by atoms with Gasteiger partial charge in [0.25, 0.3) is 0 Å². The van der Waals surface area contributed by atoms with Crippen LogP contribution in [0.25, 0.3) is 0 Å². The van der Waals surface area contributed by atoms with Gasteiger partial charge in [-0.2, -0.15) is 5.26 Å². The maximum absolute atomic E-state index is 12.3. The van der Waals surface area contributed by atoms with Crippen LogP contribution in [0.1, 0.15) is 27.6 Å². The fraction of sp³-hybridized carbons (Fsp3) is 0.0476. The van der Waals surface area contributed by atoms with Gasteiger partial charge < -0.3 is 19.6 Å². The first-order chi connectivity index (χ1) is 13.6. The first-order valence-corrected chi connectivity index (χ1v) is 8.67. The number of halogens is 1. The number of hydrogen-bond acceptors (Lipinski definition) is 6. The minimum absolute atomic E-state index is 0.0188. The molecule has 0 bridgehead atoms. The number of carbonyl (C=O) groups excluding carboxylic acids is 1. The third-order valence-corrected chi connectivity index (χ3v) is 4.52. The highest BCUT2D eigenvalue weighted by Gasteiger charge is 2.32. The van der Waals surface area contributed by atoms with Crippen molar-refractivity contribution in [2.75, 3.05) is 0 Å². The van der Waals surface area contributed by atoms with E-state index in [1.807, 2.05) is 0 Å². The van der Waals surface area contributed by atoms with Gasteiger partial charge >= 0.3 is 5.97 Å². The Morgan fingerprint density at radius 1 is 1.18 bits per heavy atom. The van der Waals surface area contributed by atoms with Gasteiger partial charge in [0.1, 0.15) is 28.9 Å². The first-order valence-electron chi connectivity index (χ1n) is 8.29. The van der Waals surface area contributed by atoms with Gasteiger partial charge in [0.05, 0.1) is 17.7 Å². The number of rotatable bonds is 3. The highest BCUT2D eigenvalue weighted by atomic mass is 35.5. The number of benzene rings is 2. The van der Waals surface area contributed by atoms with E-state index in [0.29, 0.717) is 27.7 Å². The van der Waals surface area contributed by atoms with Crippen LogP contribution >= 0.6 is 11.6 Å². The zero-order chi connectivity index (χ0) is 19.7. The number of esters is 1. The molecule has 4 rings (SSSR count). The van der Waals surface area contributed by atoms with E-state index in [1.165, 1.54) is 12.3 Å². The molecule has 2 N–H and O–H groups in total. The Bertz CT molecular complexity index is 1130. The maximum Gasteiger partial charge on any atom is 0.343 e. The molecule has 7 heteroatoms. The maximum atomic E-state index is 12.3. The van der Waals surface area contributed by atoms with Crippen molar-refractivity contribution in [2.45, 2.75) is 5.92 Å². The van der Waals surface area contributed by atoms with E-state index in [1.54, 1.807) is 48.5 Å². The van der Waals surface area contributed by atoms with Crippen LogP contribution in [0.15, 0.2) is 76.7 Å². The second-order valence-corrected chi connectivity index (χ2v) is 6.48. The largest absolute Gasteiger partial charge is 0.468 e. The summed E-state index contributed by atoms with van der Waals surface area (Å²) in [6.07, 6.45) is 1.52. The van der Waals surface area contributed by atoms with E-state index in [4.69, 9.17) is 31.2 Å². The lowest BCUT2D eigenvalue weighted by Gasteiger charge is -2.25. The molecule has 0 amide bonds. The van der Waals surface area contributed by atoms with Crippen molar-refractivity contribution in [3.8, 4) is 17.6 Å². The van der Waals surface area contributed by atoms with Gasteiger partial charge in [-0.1, -0.05) is 23.7 Å². The van der Waals surface area contributed by atoms with Gasteiger partial charge in [0.15, 0.2) is 0 Å². The molecule has 1 aliphatic rings. The topological polar surface area (TPSA) is 98.5 Å². The van der Waals surface area contributed by atoms with Crippen LogP contribution in [0.2, 0.25) is 5.02 Å². The van der Waals surface area contributed by atoms with E-state index >= 15 is 0 Å². The van der Waals surface area contributed by atoms with E-state index in [0.717, 1.165) is 0 Å². The van der Waals surface area contributed by atoms with Crippen molar-refractivity contribution in [1.82, 2.24) is 0 Å². The van der Waals surface area contributed by atoms with Gasteiger partial charge in [-0.25, -0.2) is 4.79 Å². The Morgan fingerprint density at radius 2 is 2.04 bits per heavy atom. The zero-order valence-corrected chi connectivity index (χ0v) is 15.1. The number of nitrogens with two attached hydrogens (primary N) is 1. The number of furan rings is 1. The predicted octanol–water partition coefficient (Wildman–Crippen LogP) is 4.37. The number of allylic oxidation sites excluding steroid dienone is 1. The smallest absolute Gasteiger partial charge is 0.343 e. The number of nitriles is 1. The summed E-state index contributed by atoms with van der Waals surface area (Å²) in [5.41, 5.74) is 7.19. The molecule has 0 radical (unpaired) electrons. The van der Waals surface area contributed by atoms with Crippen molar-refractivity contribution in [2.24, 2.45) is 5.73 Å². The van der Waals surface area contributed by atoms with Crippen molar-refractivity contribution in [1.29, 1.82) is 5.26 Å². The van der Waals surface area contributed by atoms with Gasteiger partial charge in [-0.05, 0) is 36.4 Å². The van der Waals surface area contributed by atoms with E-state index < -0.39 is 11.9 Å². The Labute approximate surface area is 165 Å². The molecule has 138 valence electrons. The summed E-state index contributed by atoms with van der Waals surface area (Å²) in [5, 5.41) is 9.93. The summed E-state index contributed by atoms with van der Waals surface area (Å²) in [5.74, 6) is 0.148. The minimum atomic E-state index is -0.554. The van der Waals surface area contributed by atoms with Gasteiger partial charge in [0, 0.05) is 16.7 Å². The summed E-state index contributed by atoms with van der Waals surface area (Å²) in [6, 6.07) is 16.9. The van der Waals surface area contributed by atoms with Crippen LogP contribution in [0.4, 0.5) is 0 Å². The molecule has 0 saturated carbocycles. The SMILES string of the molecule is N#CC1=C(N)Oc2cc(OC(=O)c3cccc(Cl)c3)ccc2C1c1ccco1. The molecule has 6 nitrogen and oxygen atoms in total. The molecule has 3 aromatic rings. The van der Waals surface area contributed by atoms with Crippen molar-refractivity contribution < 1.29 is 18.7 Å². The monoisotopic (exact) mass is 392 g/mol. The highest BCUT2D eigenvalue weighted by molar-refractivity contribution is 6.30. The molecule has 2 aromatic carbocycles. The summed E-state index contributed by atoms with van der Waals surface area (Å²) in [6.45, 7) is 0. The lowest BCUT2D eigenvalue weighted by molar-refractivity contribution is 0.0734. The van der Waals surface area contributed by atoms with Crippen LogP contribution in [0, 0.1) is 11.3 Å². The summed E-state index contributed by atoms with van der Waals surface area (Å²) < 4.78 is 16.5. The van der Waals surface area contributed by atoms with E-state index in [-0.39, 0.29) is 17.2 Å². The standard InChI is InChI=1S/C21H13ClN2O4/c22-13-4-1-3-12(9-13)21(25)27-14-6-7-15-18(10-14)28-20(24)16(11-23)19(15)17-5-2-8-26-17/h1-10,19H,24H2. The van der Waals surface area contributed by atoms with Gasteiger partial charge in [0.2, 0.25) is 5.88 Å².